The average molecular weight is 327 g/mol. The lowest BCUT2D eigenvalue weighted by atomic mass is 10.0. The Kier molecular flexibility index (Phi) is 6.06. The number of hydroxylamine groups is 1. The molecular weight excluding hydrogens is 306 g/mol. The first-order valence-corrected chi connectivity index (χ1v) is 7.72. The first-order valence-electron chi connectivity index (χ1n) is 7.72. The molecule has 0 aromatic heterocycles. The number of nitrogens with one attached hydrogen (secondary N) is 2. The van der Waals surface area contributed by atoms with Crippen LogP contribution in [0.1, 0.15) is 22.8 Å². The minimum atomic E-state index is -1.00. The van der Waals surface area contributed by atoms with E-state index < -0.39 is 11.9 Å². The topological polar surface area (TPSA) is 104 Å². The number of benzene rings is 2. The lowest BCUT2D eigenvalue weighted by molar-refractivity contribution is -0.130. The summed E-state index contributed by atoms with van der Waals surface area (Å²) >= 11 is 0. The molecule has 2 aromatic rings. The van der Waals surface area contributed by atoms with Gasteiger partial charge in [-0.15, -0.1) is 0 Å². The van der Waals surface area contributed by atoms with Gasteiger partial charge in [0.15, 0.2) is 0 Å². The SMILES string of the molecule is CCc1ccc(-c2ccc(C(=O)NC[C@@H](N)C(=O)NO)cc2)cc1. The molecule has 6 nitrogen and oxygen atoms in total. The number of rotatable bonds is 6. The molecule has 0 aliphatic rings. The van der Waals surface area contributed by atoms with Crippen molar-refractivity contribution in [1.82, 2.24) is 10.8 Å². The lowest BCUT2D eigenvalue weighted by Gasteiger charge is -2.11. The summed E-state index contributed by atoms with van der Waals surface area (Å²) < 4.78 is 0. The molecule has 24 heavy (non-hydrogen) atoms. The van der Waals surface area contributed by atoms with Crippen LogP contribution in [0.2, 0.25) is 0 Å². The van der Waals surface area contributed by atoms with Gasteiger partial charge in [-0.3, -0.25) is 14.8 Å². The fourth-order valence-electron chi connectivity index (χ4n) is 2.23. The molecule has 0 saturated heterocycles. The molecule has 126 valence electrons. The summed E-state index contributed by atoms with van der Waals surface area (Å²) in [6, 6.07) is 14.5. The van der Waals surface area contributed by atoms with Crippen LogP contribution in [0.25, 0.3) is 11.1 Å². The van der Waals surface area contributed by atoms with Crippen molar-refractivity contribution in [2.75, 3.05) is 6.54 Å². The van der Waals surface area contributed by atoms with Crippen molar-refractivity contribution >= 4 is 11.8 Å². The second-order valence-corrected chi connectivity index (χ2v) is 5.42. The van der Waals surface area contributed by atoms with Gasteiger partial charge in [-0.05, 0) is 35.2 Å². The molecule has 0 spiro atoms. The maximum atomic E-state index is 12.0. The third kappa shape index (κ3) is 4.41. The zero-order valence-corrected chi connectivity index (χ0v) is 13.5. The number of amides is 2. The minimum absolute atomic E-state index is 0.0640. The monoisotopic (exact) mass is 327 g/mol. The van der Waals surface area contributed by atoms with E-state index in [1.165, 1.54) is 11.0 Å². The molecule has 0 unspecified atom stereocenters. The summed E-state index contributed by atoms with van der Waals surface area (Å²) in [5.74, 6) is -1.08. The van der Waals surface area contributed by atoms with E-state index in [0.29, 0.717) is 5.56 Å². The highest BCUT2D eigenvalue weighted by Crippen LogP contribution is 2.20. The molecular formula is C18H21N3O3. The van der Waals surface area contributed by atoms with Crippen molar-refractivity contribution in [3.05, 3.63) is 59.7 Å². The molecule has 6 heteroatoms. The summed E-state index contributed by atoms with van der Waals surface area (Å²) in [6.45, 7) is 2.05. The molecule has 0 fully saturated rings. The van der Waals surface area contributed by atoms with Crippen molar-refractivity contribution in [2.24, 2.45) is 5.73 Å². The predicted molar refractivity (Wildman–Crippen MR) is 91.5 cm³/mol. The van der Waals surface area contributed by atoms with Crippen LogP contribution in [-0.4, -0.2) is 29.6 Å². The van der Waals surface area contributed by atoms with Crippen LogP contribution >= 0.6 is 0 Å². The smallest absolute Gasteiger partial charge is 0.262 e. The van der Waals surface area contributed by atoms with E-state index in [1.54, 1.807) is 12.1 Å². The Labute approximate surface area is 140 Å². The number of aryl methyl sites for hydroxylation is 1. The summed E-state index contributed by atoms with van der Waals surface area (Å²) in [5.41, 5.74) is 10.8. The van der Waals surface area contributed by atoms with Crippen LogP contribution in [0.4, 0.5) is 0 Å². The van der Waals surface area contributed by atoms with Gasteiger partial charge in [-0.1, -0.05) is 43.3 Å². The number of carbonyl (C=O) groups is 2. The molecule has 2 aromatic carbocycles. The van der Waals surface area contributed by atoms with Crippen molar-refractivity contribution in [3.8, 4) is 11.1 Å². The van der Waals surface area contributed by atoms with E-state index >= 15 is 0 Å². The zero-order valence-electron chi connectivity index (χ0n) is 13.5. The normalized spacial score (nSPS) is 11.6. The van der Waals surface area contributed by atoms with Crippen LogP contribution in [0.15, 0.2) is 48.5 Å². The van der Waals surface area contributed by atoms with Gasteiger partial charge in [0.05, 0.1) is 0 Å². The van der Waals surface area contributed by atoms with Gasteiger partial charge in [-0.25, -0.2) is 5.48 Å². The second-order valence-electron chi connectivity index (χ2n) is 5.42. The Morgan fingerprint density at radius 1 is 1.04 bits per heavy atom. The fraction of sp³-hybridized carbons (Fsp3) is 0.222. The summed E-state index contributed by atoms with van der Waals surface area (Å²) in [5, 5.41) is 11.0. The summed E-state index contributed by atoms with van der Waals surface area (Å²) in [6.07, 6.45) is 0.996. The van der Waals surface area contributed by atoms with Gasteiger partial charge < -0.3 is 11.1 Å². The Morgan fingerprint density at radius 2 is 1.58 bits per heavy atom. The van der Waals surface area contributed by atoms with Crippen LogP contribution in [0, 0.1) is 0 Å². The highest BCUT2D eigenvalue weighted by molar-refractivity contribution is 5.95. The number of hydrogen-bond donors (Lipinski definition) is 4. The molecule has 0 heterocycles. The van der Waals surface area contributed by atoms with Crippen molar-refractivity contribution in [3.63, 3.8) is 0 Å². The molecule has 2 amide bonds. The highest BCUT2D eigenvalue weighted by Gasteiger charge is 2.14. The Balaban J connectivity index is 2.00. The van der Waals surface area contributed by atoms with Gasteiger partial charge in [0.25, 0.3) is 11.8 Å². The van der Waals surface area contributed by atoms with E-state index in [2.05, 4.69) is 36.5 Å². The van der Waals surface area contributed by atoms with E-state index in [4.69, 9.17) is 10.9 Å². The quantitative estimate of drug-likeness (QED) is 0.476. The third-order valence-corrected chi connectivity index (χ3v) is 3.77. The largest absolute Gasteiger partial charge is 0.350 e. The molecule has 0 aliphatic heterocycles. The number of carbonyl (C=O) groups excluding carboxylic acids is 2. The van der Waals surface area contributed by atoms with Crippen LogP contribution in [0.5, 0.6) is 0 Å². The second kappa shape index (κ2) is 8.24. The Bertz CT molecular complexity index is 696. The van der Waals surface area contributed by atoms with E-state index in [0.717, 1.165) is 17.5 Å². The fourth-order valence-corrected chi connectivity index (χ4v) is 2.23. The first-order chi connectivity index (χ1) is 11.5. The number of nitrogens with two attached hydrogens (primary N) is 1. The molecule has 0 aliphatic carbocycles. The maximum Gasteiger partial charge on any atom is 0.262 e. The molecule has 5 N–H and O–H groups in total. The van der Waals surface area contributed by atoms with Gasteiger partial charge in [0.2, 0.25) is 0 Å². The maximum absolute atomic E-state index is 12.0. The van der Waals surface area contributed by atoms with Crippen molar-refractivity contribution in [1.29, 1.82) is 0 Å². The predicted octanol–water partition coefficient (Wildman–Crippen LogP) is 1.48. The van der Waals surface area contributed by atoms with Crippen LogP contribution < -0.4 is 16.5 Å². The first kappa shape index (κ1) is 17.7. The molecule has 2 rings (SSSR count). The third-order valence-electron chi connectivity index (χ3n) is 3.77. The summed E-state index contributed by atoms with van der Waals surface area (Å²) in [7, 11) is 0. The van der Waals surface area contributed by atoms with Crippen LogP contribution in [-0.2, 0) is 11.2 Å². The highest BCUT2D eigenvalue weighted by atomic mass is 16.5. The Hall–Kier alpha value is -2.70. The summed E-state index contributed by atoms with van der Waals surface area (Å²) in [4.78, 5) is 23.1. The van der Waals surface area contributed by atoms with Gasteiger partial charge >= 0.3 is 0 Å². The molecule has 0 bridgehead atoms. The lowest BCUT2D eigenvalue weighted by Crippen LogP contribution is -2.47. The van der Waals surface area contributed by atoms with Gasteiger partial charge in [-0.2, -0.15) is 0 Å². The Morgan fingerprint density at radius 3 is 2.08 bits per heavy atom. The van der Waals surface area contributed by atoms with Crippen molar-refractivity contribution < 1.29 is 14.8 Å². The van der Waals surface area contributed by atoms with E-state index in [-0.39, 0.29) is 12.5 Å². The van der Waals surface area contributed by atoms with E-state index in [1.807, 2.05) is 12.1 Å². The minimum Gasteiger partial charge on any atom is -0.350 e. The van der Waals surface area contributed by atoms with Crippen LogP contribution in [0.3, 0.4) is 0 Å². The van der Waals surface area contributed by atoms with Gasteiger partial charge in [0, 0.05) is 12.1 Å². The van der Waals surface area contributed by atoms with Gasteiger partial charge in [0.1, 0.15) is 6.04 Å². The zero-order chi connectivity index (χ0) is 17.5. The van der Waals surface area contributed by atoms with Crippen molar-refractivity contribution in [2.45, 2.75) is 19.4 Å². The molecule has 0 radical (unpaired) electrons. The average Bonchev–Trinajstić information content (AvgIpc) is 2.65. The standard InChI is InChI=1S/C18H21N3O3/c1-2-12-3-5-13(6-4-12)14-7-9-15(10-8-14)17(22)20-11-16(19)18(23)21-24/h3-10,16,24H,2,11,19H2,1H3,(H,20,22)(H,21,23)/t16-/m1/s1. The number of hydrogen-bond acceptors (Lipinski definition) is 4. The van der Waals surface area contributed by atoms with E-state index in [9.17, 15) is 9.59 Å². The molecule has 0 saturated carbocycles. The molecule has 1 atom stereocenters.